The second-order valence-corrected chi connectivity index (χ2v) is 3.75. The Morgan fingerprint density at radius 1 is 1.50 bits per heavy atom. The van der Waals surface area contributed by atoms with Gasteiger partial charge in [0.2, 0.25) is 0 Å². The smallest absolute Gasteiger partial charge is 0.322 e. The molecule has 2 unspecified atom stereocenters. The first-order valence-electron chi connectivity index (χ1n) is 4.75. The van der Waals surface area contributed by atoms with Gasteiger partial charge in [0.1, 0.15) is 0 Å². The van der Waals surface area contributed by atoms with Gasteiger partial charge in [-0.3, -0.25) is 10.6 Å². The molecule has 9 heteroatoms. The molecular weight excluding hydrogens is 269 g/mol. The zero-order valence-electron chi connectivity index (χ0n) is 9.02. The molecule has 0 saturated carbocycles. The van der Waals surface area contributed by atoms with Gasteiger partial charge in [0, 0.05) is 0 Å². The number of carbonyl (C=O) groups is 1. The molecule has 1 aliphatic carbocycles. The third-order valence-electron chi connectivity index (χ3n) is 2.56. The largest absolute Gasteiger partial charge is 0.418 e. The molecule has 0 saturated heterocycles. The van der Waals surface area contributed by atoms with Gasteiger partial charge in [0.25, 0.3) is 5.91 Å². The average molecular weight is 280 g/mol. The van der Waals surface area contributed by atoms with E-state index in [1.54, 1.807) is 5.53 Å². The number of alkyl halides is 3. The summed E-state index contributed by atoms with van der Waals surface area (Å²) in [5.74, 6) is 3.89. The Kier molecular flexibility index (Phi) is 4.22. The van der Waals surface area contributed by atoms with Gasteiger partial charge < -0.3 is 5.73 Å². The number of allylic oxidation sites excluding steroid dienone is 2. The summed E-state index contributed by atoms with van der Waals surface area (Å²) >= 11 is 4.34. The van der Waals surface area contributed by atoms with Crippen molar-refractivity contribution in [3.05, 3.63) is 24.3 Å². The predicted octanol–water partition coefficient (Wildman–Crippen LogP) is -0.0526. The Morgan fingerprint density at radius 2 is 2.11 bits per heavy atom. The van der Waals surface area contributed by atoms with Gasteiger partial charge in [-0.15, -0.1) is 0 Å². The standard InChI is InChI=1S/C9H11F3N4OS/c10-9(11,12)8(4-2-1-3-6(8)13)16(15-14)7(17)5-18/h1-6,15H,13-14H2. The van der Waals surface area contributed by atoms with Crippen molar-refractivity contribution >= 4 is 23.5 Å². The number of halogens is 3. The molecule has 0 radical (unpaired) electrons. The highest BCUT2D eigenvalue weighted by atomic mass is 32.1. The molecule has 0 aromatic rings. The Bertz CT molecular complexity index is 409. The van der Waals surface area contributed by atoms with Crippen molar-refractivity contribution in [1.29, 1.82) is 0 Å². The minimum Gasteiger partial charge on any atom is -0.322 e. The summed E-state index contributed by atoms with van der Waals surface area (Å²) in [5.41, 5.74) is 4.40. The number of hydrogen-bond acceptors (Lipinski definition) is 5. The fourth-order valence-electron chi connectivity index (χ4n) is 1.68. The van der Waals surface area contributed by atoms with Gasteiger partial charge in [-0.05, 0) is 6.08 Å². The number of hydrazine groups is 2. The molecule has 0 bridgehead atoms. The number of hydrogen-bond donors (Lipinski definition) is 3. The highest BCUT2D eigenvalue weighted by Gasteiger charge is 2.62. The molecular formula is C9H11F3N4OS. The number of thiocarbonyl (C=S) groups is 1. The zero-order valence-corrected chi connectivity index (χ0v) is 9.83. The van der Waals surface area contributed by atoms with Gasteiger partial charge in [0.05, 0.1) is 11.4 Å². The maximum absolute atomic E-state index is 13.3. The van der Waals surface area contributed by atoms with Crippen molar-refractivity contribution < 1.29 is 18.0 Å². The van der Waals surface area contributed by atoms with Crippen LogP contribution >= 0.6 is 12.2 Å². The molecule has 0 heterocycles. The van der Waals surface area contributed by atoms with Crippen LogP contribution in [0.2, 0.25) is 0 Å². The second-order valence-electron chi connectivity index (χ2n) is 3.51. The predicted molar refractivity (Wildman–Crippen MR) is 62.9 cm³/mol. The molecule has 0 spiro atoms. The van der Waals surface area contributed by atoms with Crippen molar-refractivity contribution in [2.75, 3.05) is 0 Å². The molecule has 1 rings (SSSR count). The van der Waals surface area contributed by atoms with Crippen LogP contribution in [0.1, 0.15) is 0 Å². The van der Waals surface area contributed by atoms with Crippen LogP contribution in [-0.4, -0.2) is 34.0 Å². The average Bonchev–Trinajstić information content (AvgIpc) is 2.30. The maximum atomic E-state index is 13.3. The molecule has 18 heavy (non-hydrogen) atoms. The number of nitrogens with one attached hydrogen (secondary N) is 1. The minimum atomic E-state index is -4.83. The van der Waals surface area contributed by atoms with Crippen molar-refractivity contribution in [2.24, 2.45) is 11.6 Å². The molecule has 100 valence electrons. The number of nitrogens with zero attached hydrogens (tertiary/aromatic N) is 1. The number of amides is 1. The quantitative estimate of drug-likeness (QED) is 0.383. The first-order valence-corrected chi connectivity index (χ1v) is 5.22. The summed E-state index contributed by atoms with van der Waals surface area (Å²) in [6.07, 6.45) is -0.458. The Balaban J connectivity index is 3.37. The molecule has 5 N–H and O–H groups in total. The van der Waals surface area contributed by atoms with E-state index >= 15 is 0 Å². The topological polar surface area (TPSA) is 84.4 Å². The highest BCUT2D eigenvalue weighted by molar-refractivity contribution is 7.80. The fourth-order valence-corrected chi connectivity index (χ4v) is 1.79. The molecule has 0 aliphatic heterocycles. The van der Waals surface area contributed by atoms with Gasteiger partial charge in [-0.2, -0.15) is 18.7 Å². The van der Waals surface area contributed by atoms with Crippen LogP contribution in [0.15, 0.2) is 24.3 Å². The Hall–Kier alpha value is -1.29. The lowest BCUT2D eigenvalue weighted by Gasteiger charge is -2.44. The summed E-state index contributed by atoms with van der Waals surface area (Å²) in [5, 5.41) is 0.719. The van der Waals surface area contributed by atoms with Gasteiger partial charge in [-0.25, -0.2) is 5.01 Å². The lowest BCUT2D eigenvalue weighted by molar-refractivity contribution is -0.225. The molecule has 2 atom stereocenters. The maximum Gasteiger partial charge on any atom is 0.418 e. The van der Waals surface area contributed by atoms with Gasteiger partial charge in [0.15, 0.2) is 5.54 Å². The van der Waals surface area contributed by atoms with E-state index in [1.807, 2.05) is 0 Å². The SMILES string of the molecule is NNN(C(=O)C=S)C1(C(F)(F)F)C=CC=CC1N. The first kappa shape index (κ1) is 14.8. The summed E-state index contributed by atoms with van der Waals surface area (Å²) < 4.78 is 39.8. The number of carbonyl (C=O) groups excluding carboxylic acids is 1. The molecule has 1 aliphatic rings. The number of nitrogens with two attached hydrogens (primary N) is 2. The van der Waals surface area contributed by atoms with E-state index in [2.05, 4.69) is 12.2 Å². The van der Waals surface area contributed by atoms with E-state index in [0.717, 1.165) is 18.2 Å². The highest BCUT2D eigenvalue weighted by Crippen LogP contribution is 2.39. The lowest BCUT2D eigenvalue weighted by Crippen LogP contribution is -2.73. The molecule has 0 aromatic carbocycles. The molecule has 0 fully saturated rings. The second kappa shape index (κ2) is 5.14. The van der Waals surface area contributed by atoms with Crippen LogP contribution in [0, 0.1) is 0 Å². The first-order chi connectivity index (χ1) is 8.31. The monoisotopic (exact) mass is 280 g/mol. The third-order valence-corrected chi connectivity index (χ3v) is 2.76. The summed E-state index contributed by atoms with van der Waals surface area (Å²) in [7, 11) is 0. The van der Waals surface area contributed by atoms with Crippen LogP contribution in [0.25, 0.3) is 0 Å². The van der Waals surface area contributed by atoms with Crippen molar-refractivity contribution in [3.63, 3.8) is 0 Å². The van der Waals surface area contributed by atoms with E-state index in [4.69, 9.17) is 11.6 Å². The minimum absolute atomic E-state index is 0.171. The van der Waals surface area contributed by atoms with E-state index in [1.165, 1.54) is 6.08 Å². The Morgan fingerprint density at radius 3 is 2.50 bits per heavy atom. The molecule has 0 aromatic heterocycles. The summed E-state index contributed by atoms with van der Waals surface area (Å²) in [6.45, 7) is 0. The Labute approximate surface area is 106 Å². The van der Waals surface area contributed by atoms with Crippen LogP contribution in [-0.2, 0) is 4.79 Å². The van der Waals surface area contributed by atoms with Gasteiger partial charge >= 0.3 is 6.18 Å². The van der Waals surface area contributed by atoms with Crippen molar-refractivity contribution in [2.45, 2.75) is 17.8 Å². The van der Waals surface area contributed by atoms with E-state index in [9.17, 15) is 18.0 Å². The summed E-state index contributed by atoms with van der Waals surface area (Å²) in [4.78, 5) is 11.4. The lowest BCUT2D eigenvalue weighted by atomic mass is 9.85. The molecule has 5 nitrogen and oxygen atoms in total. The van der Waals surface area contributed by atoms with E-state index in [0.29, 0.717) is 5.37 Å². The van der Waals surface area contributed by atoms with Crippen LogP contribution in [0.5, 0.6) is 0 Å². The van der Waals surface area contributed by atoms with Crippen LogP contribution in [0.3, 0.4) is 0 Å². The van der Waals surface area contributed by atoms with Crippen LogP contribution in [0.4, 0.5) is 13.2 Å². The fraction of sp³-hybridized carbons (Fsp3) is 0.333. The molecule has 1 amide bonds. The van der Waals surface area contributed by atoms with E-state index in [-0.39, 0.29) is 5.01 Å². The van der Waals surface area contributed by atoms with Gasteiger partial charge in [-0.1, -0.05) is 30.4 Å². The normalized spacial score (nSPS) is 27.1. The van der Waals surface area contributed by atoms with E-state index < -0.39 is 23.7 Å². The van der Waals surface area contributed by atoms with Crippen molar-refractivity contribution in [3.8, 4) is 0 Å². The third kappa shape index (κ3) is 2.17. The number of rotatable bonds is 3. The van der Waals surface area contributed by atoms with Crippen LogP contribution < -0.4 is 17.1 Å². The van der Waals surface area contributed by atoms with Crippen molar-refractivity contribution in [1.82, 2.24) is 10.5 Å². The zero-order chi connectivity index (χ0) is 14.0. The summed E-state index contributed by atoms with van der Waals surface area (Å²) in [6, 6.07) is -1.50.